The Morgan fingerprint density at radius 3 is 3.00 bits per heavy atom. The molecule has 0 atom stereocenters. The van der Waals surface area contributed by atoms with Gasteiger partial charge in [0.05, 0.1) is 12.6 Å². The summed E-state index contributed by atoms with van der Waals surface area (Å²) in [5, 5.41) is 12.7. The lowest BCUT2D eigenvalue weighted by molar-refractivity contribution is -0.136. The van der Waals surface area contributed by atoms with E-state index in [0.29, 0.717) is 5.92 Å². The fraction of sp³-hybridized carbons (Fsp3) is 0.556. The van der Waals surface area contributed by atoms with E-state index in [-0.39, 0.29) is 6.42 Å². The number of nitrogens with zero attached hydrogens (tertiary/aromatic N) is 2. The normalized spacial score (nSPS) is 16.1. The lowest BCUT2D eigenvalue weighted by Crippen LogP contribution is -2.04. The second-order valence-electron chi connectivity index (χ2n) is 3.52. The van der Waals surface area contributed by atoms with Crippen LogP contribution in [0.5, 0.6) is 0 Å². The number of aliphatic carboxylic acids is 1. The van der Waals surface area contributed by atoms with Gasteiger partial charge in [0.15, 0.2) is 0 Å². The minimum atomic E-state index is -0.782. The smallest absolute Gasteiger partial charge is 0.307 e. The Bertz CT molecular complexity index is 339. The molecule has 4 heteroatoms. The summed E-state index contributed by atoms with van der Waals surface area (Å²) in [7, 11) is 1.87. The standard InChI is InChI=1S/C9H12N2O2/c1-11-9(6-2-3-6)7(5-10-11)4-8(12)13/h5-6H,2-4H2,1H3,(H,12,13). The number of aromatic nitrogens is 2. The number of rotatable bonds is 3. The van der Waals surface area contributed by atoms with Crippen molar-refractivity contribution in [1.29, 1.82) is 0 Å². The van der Waals surface area contributed by atoms with Crippen LogP contribution in [0.3, 0.4) is 0 Å². The van der Waals surface area contributed by atoms with Crippen molar-refractivity contribution >= 4 is 5.97 Å². The zero-order valence-electron chi connectivity index (χ0n) is 7.53. The molecule has 1 aromatic heterocycles. The molecule has 0 bridgehead atoms. The molecule has 1 saturated carbocycles. The van der Waals surface area contributed by atoms with Crippen LogP contribution in [-0.2, 0) is 18.3 Å². The largest absolute Gasteiger partial charge is 0.481 e. The van der Waals surface area contributed by atoms with E-state index < -0.39 is 5.97 Å². The topological polar surface area (TPSA) is 55.1 Å². The Kier molecular flexibility index (Phi) is 1.83. The van der Waals surface area contributed by atoms with Gasteiger partial charge in [-0.3, -0.25) is 9.48 Å². The number of carbonyl (C=O) groups is 1. The first-order valence-corrected chi connectivity index (χ1v) is 4.41. The SMILES string of the molecule is Cn1ncc(CC(=O)O)c1C1CC1. The van der Waals surface area contributed by atoms with Gasteiger partial charge in [0.1, 0.15) is 0 Å². The number of hydrogen-bond acceptors (Lipinski definition) is 2. The molecule has 1 N–H and O–H groups in total. The predicted octanol–water partition coefficient (Wildman–Crippen LogP) is 0.925. The lowest BCUT2D eigenvalue weighted by atomic mass is 10.1. The van der Waals surface area contributed by atoms with E-state index in [4.69, 9.17) is 5.11 Å². The highest BCUT2D eigenvalue weighted by atomic mass is 16.4. The quantitative estimate of drug-likeness (QED) is 0.752. The third kappa shape index (κ3) is 1.56. The van der Waals surface area contributed by atoms with Gasteiger partial charge in [0.2, 0.25) is 0 Å². The predicted molar refractivity (Wildman–Crippen MR) is 46.5 cm³/mol. The van der Waals surface area contributed by atoms with Crippen LogP contribution in [0.4, 0.5) is 0 Å². The molecule has 1 aromatic rings. The third-order valence-electron chi connectivity index (χ3n) is 2.37. The molecule has 1 fully saturated rings. The highest BCUT2D eigenvalue weighted by molar-refractivity contribution is 5.70. The van der Waals surface area contributed by atoms with Crippen molar-refractivity contribution in [2.45, 2.75) is 25.2 Å². The Morgan fingerprint density at radius 2 is 2.46 bits per heavy atom. The fourth-order valence-corrected chi connectivity index (χ4v) is 1.67. The zero-order chi connectivity index (χ0) is 9.42. The highest BCUT2D eigenvalue weighted by Crippen LogP contribution is 2.41. The maximum atomic E-state index is 10.5. The van der Waals surface area contributed by atoms with Crippen LogP contribution in [0.15, 0.2) is 6.20 Å². The molecule has 0 spiro atoms. The van der Waals surface area contributed by atoms with Gasteiger partial charge in [-0.15, -0.1) is 0 Å². The van der Waals surface area contributed by atoms with Gasteiger partial charge in [-0.2, -0.15) is 5.10 Å². The summed E-state index contributed by atoms with van der Waals surface area (Å²) < 4.78 is 1.80. The molecule has 0 saturated heterocycles. The van der Waals surface area contributed by atoms with Crippen LogP contribution in [-0.4, -0.2) is 20.9 Å². The number of carboxylic acids is 1. The third-order valence-corrected chi connectivity index (χ3v) is 2.37. The first-order valence-electron chi connectivity index (χ1n) is 4.41. The maximum absolute atomic E-state index is 10.5. The summed E-state index contributed by atoms with van der Waals surface area (Å²) in [6.45, 7) is 0. The van der Waals surface area contributed by atoms with E-state index in [9.17, 15) is 4.79 Å². The van der Waals surface area contributed by atoms with E-state index in [0.717, 1.165) is 11.3 Å². The van der Waals surface area contributed by atoms with Crippen LogP contribution < -0.4 is 0 Å². The summed E-state index contributed by atoms with van der Waals surface area (Å²) in [5.41, 5.74) is 1.99. The summed E-state index contributed by atoms with van der Waals surface area (Å²) in [5.74, 6) is -0.225. The first kappa shape index (κ1) is 8.29. The zero-order valence-corrected chi connectivity index (χ0v) is 7.53. The molecule has 0 unspecified atom stereocenters. The fourth-order valence-electron chi connectivity index (χ4n) is 1.67. The van der Waals surface area contributed by atoms with Gasteiger partial charge in [-0.05, 0) is 12.8 Å². The van der Waals surface area contributed by atoms with E-state index in [2.05, 4.69) is 5.10 Å². The lowest BCUT2D eigenvalue weighted by Gasteiger charge is -2.01. The monoisotopic (exact) mass is 180 g/mol. The van der Waals surface area contributed by atoms with Crippen LogP contribution >= 0.6 is 0 Å². The maximum Gasteiger partial charge on any atom is 0.307 e. The van der Waals surface area contributed by atoms with Crippen LogP contribution in [0, 0.1) is 0 Å². The molecular weight excluding hydrogens is 168 g/mol. The van der Waals surface area contributed by atoms with Gasteiger partial charge in [-0.1, -0.05) is 0 Å². The highest BCUT2D eigenvalue weighted by Gasteiger charge is 2.29. The summed E-state index contributed by atoms with van der Waals surface area (Å²) >= 11 is 0. The number of hydrogen-bond donors (Lipinski definition) is 1. The molecule has 0 amide bonds. The average Bonchev–Trinajstić information content (AvgIpc) is 2.79. The van der Waals surface area contributed by atoms with Crippen molar-refractivity contribution in [1.82, 2.24) is 9.78 Å². The van der Waals surface area contributed by atoms with Gasteiger partial charge in [0.25, 0.3) is 0 Å². The van der Waals surface area contributed by atoms with E-state index in [1.807, 2.05) is 7.05 Å². The van der Waals surface area contributed by atoms with Gasteiger partial charge < -0.3 is 5.11 Å². The van der Waals surface area contributed by atoms with Crippen molar-refractivity contribution in [2.24, 2.45) is 7.05 Å². The van der Waals surface area contributed by atoms with Crippen LogP contribution in [0.1, 0.15) is 30.0 Å². The van der Waals surface area contributed by atoms with Crippen LogP contribution in [0.2, 0.25) is 0 Å². The summed E-state index contributed by atoms with van der Waals surface area (Å²) in [6.07, 6.45) is 4.11. The minimum Gasteiger partial charge on any atom is -0.481 e. The first-order chi connectivity index (χ1) is 6.18. The Hall–Kier alpha value is -1.32. The Balaban J connectivity index is 2.28. The second kappa shape index (κ2) is 2.87. The molecule has 2 rings (SSSR count). The van der Waals surface area contributed by atoms with Crippen molar-refractivity contribution < 1.29 is 9.90 Å². The molecule has 4 nitrogen and oxygen atoms in total. The van der Waals surface area contributed by atoms with Crippen molar-refractivity contribution in [3.8, 4) is 0 Å². The molecule has 70 valence electrons. The van der Waals surface area contributed by atoms with Crippen molar-refractivity contribution in [3.63, 3.8) is 0 Å². The molecule has 0 aromatic carbocycles. The molecule has 1 heterocycles. The average molecular weight is 180 g/mol. The number of carboxylic acid groups (broad SMARTS) is 1. The summed E-state index contributed by atoms with van der Waals surface area (Å²) in [4.78, 5) is 10.5. The Labute approximate surface area is 76.2 Å². The van der Waals surface area contributed by atoms with Gasteiger partial charge >= 0.3 is 5.97 Å². The van der Waals surface area contributed by atoms with Crippen LogP contribution in [0.25, 0.3) is 0 Å². The van der Waals surface area contributed by atoms with Gasteiger partial charge in [-0.25, -0.2) is 0 Å². The van der Waals surface area contributed by atoms with Gasteiger partial charge in [0, 0.05) is 24.2 Å². The molecule has 0 radical (unpaired) electrons. The summed E-state index contributed by atoms with van der Waals surface area (Å²) in [6, 6.07) is 0. The van der Waals surface area contributed by atoms with E-state index in [1.54, 1.807) is 10.9 Å². The van der Waals surface area contributed by atoms with E-state index >= 15 is 0 Å². The molecule has 13 heavy (non-hydrogen) atoms. The molecule has 0 aliphatic heterocycles. The molecule has 1 aliphatic carbocycles. The molecule has 1 aliphatic rings. The second-order valence-corrected chi connectivity index (χ2v) is 3.52. The van der Waals surface area contributed by atoms with E-state index in [1.165, 1.54) is 12.8 Å². The van der Waals surface area contributed by atoms with Crippen molar-refractivity contribution in [3.05, 3.63) is 17.5 Å². The number of aryl methyl sites for hydroxylation is 1. The molecular formula is C9H12N2O2. The van der Waals surface area contributed by atoms with Crippen molar-refractivity contribution in [2.75, 3.05) is 0 Å². The Morgan fingerprint density at radius 1 is 1.77 bits per heavy atom. The minimum absolute atomic E-state index is 0.0969.